The molecule has 1 fully saturated rings. The minimum atomic E-state index is -0.486. The van der Waals surface area contributed by atoms with E-state index in [2.05, 4.69) is 11.9 Å². The molecule has 6 heteroatoms. The van der Waals surface area contributed by atoms with E-state index < -0.39 is 5.97 Å². The zero-order chi connectivity index (χ0) is 20.2. The van der Waals surface area contributed by atoms with E-state index in [-0.39, 0.29) is 18.6 Å². The van der Waals surface area contributed by atoms with Crippen LogP contribution in [-0.4, -0.2) is 41.0 Å². The summed E-state index contributed by atoms with van der Waals surface area (Å²) < 4.78 is 5.46. The molecule has 0 saturated carbocycles. The number of rotatable bonds is 5. The summed E-state index contributed by atoms with van der Waals surface area (Å²) in [6.07, 6.45) is 4.11. The Morgan fingerprint density at radius 3 is 2.86 bits per heavy atom. The number of hydrogen-bond acceptors (Lipinski definition) is 5. The van der Waals surface area contributed by atoms with E-state index in [1.807, 2.05) is 46.7 Å². The van der Waals surface area contributed by atoms with E-state index in [4.69, 9.17) is 4.74 Å². The molecule has 1 saturated heterocycles. The highest BCUT2D eigenvalue weighted by atomic mass is 32.1. The van der Waals surface area contributed by atoms with Crippen LogP contribution in [0, 0.1) is 0 Å². The normalized spacial score (nSPS) is 16.7. The maximum atomic E-state index is 12.9. The molecule has 3 heterocycles. The van der Waals surface area contributed by atoms with Crippen LogP contribution in [0.2, 0.25) is 0 Å². The lowest BCUT2D eigenvalue weighted by Gasteiger charge is -2.35. The molecular weight excluding hydrogens is 384 g/mol. The zero-order valence-electron chi connectivity index (χ0n) is 16.5. The van der Waals surface area contributed by atoms with Crippen LogP contribution in [0.25, 0.3) is 21.5 Å². The van der Waals surface area contributed by atoms with Crippen molar-refractivity contribution in [3.63, 3.8) is 0 Å². The highest BCUT2D eigenvalue weighted by Crippen LogP contribution is 2.28. The van der Waals surface area contributed by atoms with Crippen molar-refractivity contribution in [2.24, 2.45) is 0 Å². The molecule has 1 aliphatic rings. The minimum Gasteiger partial charge on any atom is -0.452 e. The third-order valence-electron chi connectivity index (χ3n) is 5.46. The number of pyridine rings is 1. The van der Waals surface area contributed by atoms with Gasteiger partial charge in [-0.3, -0.25) is 4.79 Å². The molecule has 1 aromatic carbocycles. The van der Waals surface area contributed by atoms with Gasteiger partial charge in [-0.15, -0.1) is 11.3 Å². The number of likely N-dealkylation sites (tertiary alicyclic amines) is 1. The number of amides is 1. The number of benzene rings is 1. The van der Waals surface area contributed by atoms with E-state index in [1.54, 1.807) is 17.4 Å². The fourth-order valence-corrected chi connectivity index (χ4v) is 4.62. The smallest absolute Gasteiger partial charge is 0.339 e. The first-order valence-corrected chi connectivity index (χ1v) is 11.0. The molecule has 0 bridgehead atoms. The van der Waals surface area contributed by atoms with Gasteiger partial charge in [0, 0.05) is 18.0 Å². The molecule has 1 amide bonds. The van der Waals surface area contributed by atoms with Gasteiger partial charge in [-0.2, -0.15) is 0 Å². The van der Waals surface area contributed by atoms with Crippen molar-refractivity contribution in [2.45, 2.75) is 38.6 Å². The Morgan fingerprint density at radius 1 is 1.21 bits per heavy atom. The molecule has 2 aromatic heterocycles. The van der Waals surface area contributed by atoms with Gasteiger partial charge in [0.25, 0.3) is 5.91 Å². The summed E-state index contributed by atoms with van der Waals surface area (Å²) in [5, 5.41) is 2.71. The summed E-state index contributed by atoms with van der Waals surface area (Å²) in [6, 6.07) is 13.4. The van der Waals surface area contributed by atoms with Gasteiger partial charge in [0.2, 0.25) is 0 Å². The summed E-state index contributed by atoms with van der Waals surface area (Å²) in [5.41, 5.74) is 1.91. The standard InChI is InChI=1S/C23H24N2O3S/c1-2-16-8-5-6-12-25(16)22(26)15-28-23(27)18-14-20(21-11-7-13-29-21)24-19-10-4-3-9-17(18)19/h3-4,7,9-11,13-14,16H,2,5-6,8,12,15H2,1H3/t16-/m0/s1. The number of aromatic nitrogens is 1. The maximum Gasteiger partial charge on any atom is 0.339 e. The van der Waals surface area contributed by atoms with Gasteiger partial charge < -0.3 is 9.64 Å². The highest BCUT2D eigenvalue weighted by Gasteiger charge is 2.26. The number of esters is 1. The molecule has 5 nitrogen and oxygen atoms in total. The van der Waals surface area contributed by atoms with Crippen LogP contribution < -0.4 is 0 Å². The first-order valence-electron chi connectivity index (χ1n) is 10.1. The monoisotopic (exact) mass is 408 g/mol. The van der Waals surface area contributed by atoms with Gasteiger partial charge in [0.05, 0.1) is 21.7 Å². The van der Waals surface area contributed by atoms with Crippen LogP contribution in [0.3, 0.4) is 0 Å². The molecule has 3 aromatic rings. The topological polar surface area (TPSA) is 59.5 Å². The Kier molecular flexibility index (Phi) is 5.90. The van der Waals surface area contributed by atoms with E-state index >= 15 is 0 Å². The number of para-hydroxylation sites is 1. The Bertz CT molecular complexity index is 1020. The van der Waals surface area contributed by atoms with Crippen LogP contribution in [0.15, 0.2) is 47.8 Å². The van der Waals surface area contributed by atoms with Crippen LogP contribution in [0.5, 0.6) is 0 Å². The Morgan fingerprint density at radius 2 is 2.07 bits per heavy atom. The molecular formula is C23H24N2O3S. The minimum absolute atomic E-state index is 0.109. The number of hydrogen-bond donors (Lipinski definition) is 0. The molecule has 0 unspecified atom stereocenters. The third kappa shape index (κ3) is 4.17. The molecule has 0 aliphatic carbocycles. The van der Waals surface area contributed by atoms with E-state index in [1.165, 1.54) is 0 Å². The van der Waals surface area contributed by atoms with Crippen molar-refractivity contribution in [1.82, 2.24) is 9.88 Å². The molecule has 1 atom stereocenters. The van der Waals surface area contributed by atoms with E-state index in [9.17, 15) is 9.59 Å². The Labute approximate surface area is 174 Å². The van der Waals surface area contributed by atoms with Gasteiger partial charge in [0.1, 0.15) is 0 Å². The molecule has 150 valence electrons. The first kappa shape index (κ1) is 19.6. The van der Waals surface area contributed by atoms with Gasteiger partial charge in [-0.25, -0.2) is 9.78 Å². The van der Waals surface area contributed by atoms with Gasteiger partial charge in [0.15, 0.2) is 6.61 Å². The number of ether oxygens (including phenoxy) is 1. The largest absolute Gasteiger partial charge is 0.452 e. The SMILES string of the molecule is CC[C@H]1CCCCN1C(=O)COC(=O)c1cc(-c2cccs2)nc2ccccc12. The van der Waals surface area contributed by atoms with Crippen molar-refractivity contribution in [3.8, 4) is 10.6 Å². The van der Waals surface area contributed by atoms with Crippen LogP contribution in [0.1, 0.15) is 43.0 Å². The summed E-state index contributed by atoms with van der Waals surface area (Å²) in [6.45, 7) is 2.62. The second-order valence-electron chi connectivity index (χ2n) is 7.27. The molecule has 0 radical (unpaired) electrons. The molecule has 29 heavy (non-hydrogen) atoms. The van der Waals surface area contributed by atoms with Crippen molar-refractivity contribution >= 4 is 34.1 Å². The first-order chi connectivity index (χ1) is 14.2. The molecule has 1 aliphatic heterocycles. The summed E-state index contributed by atoms with van der Waals surface area (Å²) in [5.74, 6) is -0.596. The number of nitrogens with zero attached hydrogens (tertiary/aromatic N) is 2. The maximum absolute atomic E-state index is 12.9. The second-order valence-corrected chi connectivity index (χ2v) is 8.22. The van der Waals surface area contributed by atoms with Crippen molar-refractivity contribution in [2.75, 3.05) is 13.2 Å². The lowest BCUT2D eigenvalue weighted by molar-refractivity contribution is -0.138. The van der Waals surface area contributed by atoms with E-state index in [0.29, 0.717) is 5.56 Å². The van der Waals surface area contributed by atoms with Crippen LogP contribution in [-0.2, 0) is 9.53 Å². The summed E-state index contributed by atoms with van der Waals surface area (Å²) >= 11 is 1.57. The highest BCUT2D eigenvalue weighted by molar-refractivity contribution is 7.13. The van der Waals surface area contributed by atoms with Gasteiger partial charge in [-0.1, -0.05) is 31.2 Å². The number of carbonyl (C=O) groups excluding carboxylic acids is 2. The second kappa shape index (κ2) is 8.74. The van der Waals surface area contributed by atoms with Gasteiger partial charge in [-0.05, 0) is 49.3 Å². The Balaban J connectivity index is 1.56. The Hall–Kier alpha value is -2.73. The van der Waals surface area contributed by atoms with Crippen molar-refractivity contribution in [1.29, 1.82) is 0 Å². The van der Waals surface area contributed by atoms with Crippen molar-refractivity contribution in [3.05, 3.63) is 53.4 Å². The number of carbonyl (C=O) groups is 2. The van der Waals surface area contributed by atoms with Crippen LogP contribution >= 0.6 is 11.3 Å². The number of piperidine rings is 1. The predicted molar refractivity (Wildman–Crippen MR) is 115 cm³/mol. The quantitative estimate of drug-likeness (QED) is 0.563. The average molecular weight is 409 g/mol. The van der Waals surface area contributed by atoms with Crippen LogP contribution in [0.4, 0.5) is 0 Å². The molecule has 4 rings (SSSR count). The predicted octanol–water partition coefficient (Wildman–Crippen LogP) is 4.91. The molecule has 0 spiro atoms. The fraction of sp³-hybridized carbons (Fsp3) is 0.348. The average Bonchev–Trinajstić information content (AvgIpc) is 3.31. The number of thiophene rings is 1. The summed E-state index contributed by atoms with van der Waals surface area (Å²) in [4.78, 5) is 33.1. The number of fused-ring (bicyclic) bond motifs is 1. The zero-order valence-corrected chi connectivity index (χ0v) is 17.3. The summed E-state index contributed by atoms with van der Waals surface area (Å²) in [7, 11) is 0. The lowest BCUT2D eigenvalue weighted by atomic mass is 10.00. The lowest BCUT2D eigenvalue weighted by Crippen LogP contribution is -2.45. The fourth-order valence-electron chi connectivity index (χ4n) is 3.94. The third-order valence-corrected chi connectivity index (χ3v) is 6.35. The van der Waals surface area contributed by atoms with Crippen molar-refractivity contribution < 1.29 is 14.3 Å². The van der Waals surface area contributed by atoms with E-state index in [0.717, 1.165) is 53.7 Å². The van der Waals surface area contributed by atoms with Gasteiger partial charge >= 0.3 is 5.97 Å². The molecule has 0 N–H and O–H groups in total.